The molecule has 0 aromatic carbocycles. The lowest BCUT2D eigenvalue weighted by atomic mass is 10.0. The molecular formula is C17H22N4O2. The summed E-state index contributed by atoms with van der Waals surface area (Å²) in [6.45, 7) is 4.45. The van der Waals surface area contributed by atoms with Gasteiger partial charge in [-0.1, -0.05) is 19.9 Å². The molecule has 2 heterocycles. The van der Waals surface area contributed by atoms with Gasteiger partial charge in [-0.15, -0.1) is 0 Å². The van der Waals surface area contributed by atoms with Crippen LogP contribution >= 0.6 is 0 Å². The summed E-state index contributed by atoms with van der Waals surface area (Å²) in [6, 6.07) is 6.89. The molecular weight excluding hydrogens is 292 g/mol. The van der Waals surface area contributed by atoms with Crippen molar-refractivity contribution in [2.45, 2.75) is 32.7 Å². The van der Waals surface area contributed by atoms with Gasteiger partial charge in [0.25, 0.3) is 11.5 Å². The number of pyridine rings is 2. The lowest BCUT2D eigenvalue weighted by molar-refractivity contribution is 0.0783. The fourth-order valence-corrected chi connectivity index (χ4v) is 2.25. The maximum Gasteiger partial charge on any atom is 0.261 e. The fraction of sp³-hybridized carbons (Fsp3) is 0.353. The Bertz CT molecular complexity index is 737. The third-order valence-corrected chi connectivity index (χ3v) is 3.92. The number of anilines is 1. The smallest absolute Gasteiger partial charge is 0.261 e. The van der Waals surface area contributed by atoms with Crippen molar-refractivity contribution in [1.29, 1.82) is 0 Å². The van der Waals surface area contributed by atoms with Crippen LogP contribution < -0.4 is 11.3 Å². The van der Waals surface area contributed by atoms with E-state index < -0.39 is 0 Å². The first-order valence-electron chi connectivity index (χ1n) is 7.61. The number of nitrogens with one attached hydrogen (secondary N) is 1. The maximum absolute atomic E-state index is 12.4. The van der Waals surface area contributed by atoms with Crippen LogP contribution in [-0.2, 0) is 6.54 Å². The van der Waals surface area contributed by atoms with Gasteiger partial charge in [0.05, 0.1) is 0 Å². The first-order valence-corrected chi connectivity index (χ1v) is 7.61. The lowest BCUT2D eigenvalue weighted by Crippen LogP contribution is -2.31. The number of carbonyl (C=O) groups is 1. The molecule has 2 rings (SSSR count). The van der Waals surface area contributed by atoms with E-state index in [0.29, 0.717) is 12.4 Å². The highest BCUT2D eigenvalue weighted by Gasteiger charge is 2.17. The number of nitrogen functional groups attached to an aromatic ring is 1. The Balaban J connectivity index is 2.16. The number of nitrogens with zero attached hydrogens (tertiary/aromatic N) is 2. The molecule has 0 spiro atoms. The largest absolute Gasteiger partial charge is 0.384 e. The van der Waals surface area contributed by atoms with E-state index >= 15 is 0 Å². The highest BCUT2D eigenvalue weighted by molar-refractivity contribution is 5.93. The minimum absolute atomic E-state index is 0.142. The standard InChI is InChI=1S/C17H22N4O2/c1-4-11(2)14-7-6-13(16(22)20-14)17(23)21(3)10-12-5-8-15(18)19-9-12/h5-9,11H,4,10H2,1-3H3,(H2,18,19)(H,20,22). The molecule has 0 saturated carbocycles. The molecule has 122 valence electrons. The van der Waals surface area contributed by atoms with Gasteiger partial charge in [-0.05, 0) is 36.1 Å². The van der Waals surface area contributed by atoms with Crippen molar-refractivity contribution >= 4 is 11.7 Å². The molecule has 0 bridgehead atoms. The fourth-order valence-electron chi connectivity index (χ4n) is 2.25. The first-order chi connectivity index (χ1) is 10.9. The van der Waals surface area contributed by atoms with Gasteiger partial charge >= 0.3 is 0 Å². The molecule has 1 unspecified atom stereocenters. The van der Waals surface area contributed by atoms with E-state index in [9.17, 15) is 9.59 Å². The Morgan fingerprint density at radius 1 is 1.35 bits per heavy atom. The molecule has 0 radical (unpaired) electrons. The van der Waals surface area contributed by atoms with Crippen LogP contribution in [0.2, 0.25) is 0 Å². The van der Waals surface area contributed by atoms with Crippen LogP contribution in [0.25, 0.3) is 0 Å². The van der Waals surface area contributed by atoms with Crippen molar-refractivity contribution in [3.63, 3.8) is 0 Å². The third kappa shape index (κ3) is 3.97. The lowest BCUT2D eigenvalue weighted by Gasteiger charge is -2.17. The van der Waals surface area contributed by atoms with Gasteiger partial charge in [0.15, 0.2) is 0 Å². The van der Waals surface area contributed by atoms with Crippen LogP contribution in [0.1, 0.15) is 47.8 Å². The van der Waals surface area contributed by atoms with E-state index in [4.69, 9.17) is 5.73 Å². The number of carbonyl (C=O) groups excluding carboxylic acids is 1. The number of amides is 1. The molecule has 2 aromatic heterocycles. The van der Waals surface area contributed by atoms with Crippen molar-refractivity contribution < 1.29 is 4.79 Å². The van der Waals surface area contributed by atoms with Crippen LogP contribution in [-0.4, -0.2) is 27.8 Å². The van der Waals surface area contributed by atoms with Gasteiger partial charge in [0.2, 0.25) is 0 Å². The van der Waals surface area contributed by atoms with Gasteiger partial charge in [0, 0.05) is 25.5 Å². The zero-order chi connectivity index (χ0) is 17.0. The maximum atomic E-state index is 12.4. The van der Waals surface area contributed by atoms with E-state index in [-0.39, 0.29) is 22.9 Å². The van der Waals surface area contributed by atoms with Gasteiger partial charge in [-0.2, -0.15) is 0 Å². The van der Waals surface area contributed by atoms with Gasteiger partial charge < -0.3 is 15.6 Å². The number of aromatic nitrogens is 2. The molecule has 3 N–H and O–H groups in total. The van der Waals surface area contributed by atoms with E-state index in [1.807, 2.05) is 13.0 Å². The Hall–Kier alpha value is -2.63. The number of H-pyrrole nitrogens is 1. The van der Waals surface area contributed by atoms with Gasteiger partial charge in [-0.25, -0.2) is 4.98 Å². The average Bonchev–Trinajstić information content (AvgIpc) is 2.55. The monoisotopic (exact) mass is 314 g/mol. The quantitative estimate of drug-likeness (QED) is 0.884. The summed E-state index contributed by atoms with van der Waals surface area (Å²) in [6.07, 6.45) is 2.54. The number of nitrogens with two attached hydrogens (primary N) is 1. The van der Waals surface area contributed by atoms with Crippen molar-refractivity contribution in [3.05, 3.63) is 57.6 Å². The number of hydrogen-bond donors (Lipinski definition) is 2. The first kappa shape index (κ1) is 16.7. The van der Waals surface area contributed by atoms with Crippen LogP contribution in [0.15, 0.2) is 35.3 Å². The molecule has 6 nitrogen and oxygen atoms in total. The Labute approximate surface area is 135 Å². The van der Waals surface area contributed by atoms with Crippen LogP contribution in [0.4, 0.5) is 5.82 Å². The van der Waals surface area contributed by atoms with E-state index in [1.165, 1.54) is 4.90 Å². The van der Waals surface area contributed by atoms with Crippen LogP contribution in [0.5, 0.6) is 0 Å². The number of rotatable bonds is 5. The van der Waals surface area contributed by atoms with E-state index in [2.05, 4.69) is 16.9 Å². The molecule has 0 aliphatic carbocycles. The van der Waals surface area contributed by atoms with Gasteiger partial charge in [-0.3, -0.25) is 9.59 Å². The molecule has 1 amide bonds. The second kappa shape index (κ2) is 7.09. The highest BCUT2D eigenvalue weighted by Crippen LogP contribution is 2.15. The number of hydrogen-bond acceptors (Lipinski definition) is 4. The second-order valence-electron chi connectivity index (χ2n) is 5.72. The molecule has 2 aromatic rings. The van der Waals surface area contributed by atoms with Crippen LogP contribution in [0.3, 0.4) is 0 Å². The Morgan fingerprint density at radius 2 is 2.09 bits per heavy atom. The summed E-state index contributed by atoms with van der Waals surface area (Å²) in [7, 11) is 1.65. The summed E-state index contributed by atoms with van der Waals surface area (Å²) < 4.78 is 0. The highest BCUT2D eigenvalue weighted by atomic mass is 16.2. The minimum Gasteiger partial charge on any atom is -0.384 e. The van der Waals surface area contributed by atoms with E-state index in [0.717, 1.165) is 17.7 Å². The van der Waals surface area contributed by atoms with Crippen molar-refractivity contribution in [2.24, 2.45) is 0 Å². The summed E-state index contributed by atoms with van der Waals surface area (Å²) in [5.74, 6) is 0.365. The minimum atomic E-state index is -0.352. The SMILES string of the molecule is CCC(C)c1ccc(C(=O)N(C)Cc2ccc(N)nc2)c(=O)[nH]1. The molecule has 0 aliphatic heterocycles. The molecule has 23 heavy (non-hydrogen) atoms. The summed E-state index contributed by atoms with van der Waals surface area (Å²) >= 11 is 0. The predicted molar refractivity (Wildman–Crippen MR) is 90.2 cm³/mol. The van der Waals surface area contributed by atoms with Crippen molar-refractivity contribution in [3.8, 4) is 0 Å². The van der Waals surface area contributed by atoms with Crippen molar-refractivity contribution in [2.75, 3.05) is 12.8 Å². The van der Waals surface area contributed by atoms with Gasteiger partial charge in [0.1, 0.15) is 11.4 Å². The summed E-state index contributed by atoms with van der Waals surface area (Å²) in [5, 5.41) is 0. The zero-order valence-corrected chi connectivity index (χ0v) is 13.7. The molecule has 1 atom stereocenters. The molecule has 0 fully saturated rings. The predicted octanol–water partition coefficient (Wildman–Crippen LogP) is 2.14. The second-order valence-corrected chi connectivity index (χ2v) is 5.72. The normalized spacial score (nSPS) is 12.0. The average molecular weight is 314 g/mol. The molecule has 6 heteroatoms. The van der Waals surface area contributed by atoms with Crippen molar-refractivity contribution in [1.82, 2.24) is 14.9 Å². The molecule has 0 saturated heterocycles. The Morgan fingerprint density at radius 3 is 2.65 bits per heavy atom. The Kier molecular flexibility index (Phi) is 5.16. The number of aromatic amines is 1. The zero-order valence-electron chi connectivity index (χ0n) is 13.7. The summed E-state index contributed by atoms with van der Waals surface area (Å²) in [4.78, 5) is 32.9. The topological polar surface area (TPSA) is 92.1 Å². The third-order valence-electron chi connectivity index (χ3n) is 3.92. The van der Waals surface area contributed by atoms with Crippen LogP contribution in [0, 0.1) is 0 Å². The molecule has 0 aliphatic rings. The van der Waals surface area contributed by atoms with E-state index in [1.54, 1.807) is 31.4 Å². The summed E-state index contributed by atoms with van der Waals surface area (Å²) in [5.41, 5.74) is 7.03.